The van der Waals surface area contributed by atoms with E-state index in [4.69, 9.17) is 14.5 Å². The summed E-state index contributed by atoms with van der Waals surface area (Å²) in [6.07, 6.45) is 1.30. The predicted molar refractivity (Wildman–Crippen MR) is 51.1 cm³/mol. The minimum atomic E-state index is -0.368. The van der Waals surface area contributed by atoms with Gasteiger partial charge in [0.25, 0.3) is 0 Å². The molecule has 0 saturated carbocycles. The fourth-order valence-electron chi connectivity index (χ4n) is 1.39. The van der Waals surface area contributed by atoms with Crippen LogP contribution < -0.4 is 0 Å². The normalized spacial score (nSPS) is 26.6. The molecular weight excluding hydrogens is 180 g/mol. The van der Waals surface area contributed by atoms with Crippen LogP contribution in [0.3, 0.4) is 0 Å². The number of ether oxygens (including phenoxy) is 1. The zero-order valence-electron chi connectivity index (χ0n) is 8.18. The maximum absolute atomic E-state index is 5.54. The summed E-state index contributed by atoms with van der Waals surface area (Å²) in [5, 5.41) is 0. The van der Waals surface area contributed by atoms with Crippen molar-refractivity contribution in [3.8, 4) is 0 Å². The summed E-state index contributed by atoms with van der Waals surface area (Å²) >= 11 is 0. The van der Waals surface area contributed by atoms with Gasteiger partial charge in [-0.2, -0.15) is 4.89 Å². The molecule has 0 amide bonds. The quantitative estimate of drug-likeness (QED) is 0.692. The van der Waals surface area contributed by atoms with Crippen LogP contribution in [0.25, 0.3) is 0 Å². The van der Waals surface area contributed by atoms with Crippen molar-refractivity contribution in [1.29, 1.82) is 0 Å². The average Bonchev–Trinajstić information content (AvgIpc) is 2.68. The van der Waals surface area contributed by atoms with E-state index in [0.29, 0.717) is 0 Å². The van der Waals surface area contributed by atoms with Crippen molar-refractivity contribution in [3.05, 3.63) is 35.9 Å². The van der Waals surface area contributed by atoms with Crippen LogP contribution >= 0.6 is 0 Å². The molecule has 1 aromatic rings. The molecule has 1 saturated heterocycles. The van der Waals surface area contributed by atoms with Gasteiger partial charge >= 0.3 is 0 Å². The van der Waals surface area contributed by atoms with Gasteiger partial charge in [0.1, 0.15) is 0 Å². The van der Waals surface area contributed by atoms with E-state index in [1.807, 2.05) is 30.3 Å². The van der Waals surface area contributed by atoms with Crippen molar-refractivity contribution >= 4 is 0 Å². The first kappa shape index (κ1) is 9.65. The molecule has 0 N–H and O–H groups in total. The molecule has 0 spiro atoms. The molecule has 1 heterocycles. The van der Waals surface area contributed by atoms with Crippen molar-refractivity contribution in [3.63, 3.8) is 0 Å². The topological polar surface area (TPSA) is 27.7 Å². The molecule has 3 heteroatoms. The second-order valence-electron chi connectivity index (χ2n) is 3.29. The van der Waals surface area contributed by atoms with Crippen LogP contribution in [0.1, 0.15) is 31.6 Å². The van der Waals surface area contributed by atoms with Crippen molar-refractivity contribution in [2.75, 3.05) is 0 Å². The van der Waals surface area contributed by atoms with Gasteiger partial charge in [0.15, 0.2) is 6.29 Å². The van der Waals surface area contributed by atoms with Crippen LogP contribution in [0.15, 0.2) is 30.3 Å². The zero-order valence-corrected chi connectivity index (χ0v) is 8.18. The highest BCUT2D eigenvalue weighted by atomic mass is 17.3. The molecule has 2 atom stereocenters. The first-order valence-corrected chi connectivity index (χ1v) is 4.92. The number of hydrogen-bond acceptors (Lipinski definition) is 3. The summed E-state index contributed by atoms with van der Waals surface area (Å²) in [7, 11) is 0. The first-order valence-electron chi connectivity index (χ1n) is 4.92. The second-order valence-corrected chi connectivity index (χ2v) is 3.29. The van der Waals surface area contributed by atoms with Gasteiger partial charge in [0.2, 0.25) is 6.29 Å². The van der Waals surface area contributed by atoms with Crippen molar-refractivity contribution in [2.24, 2.45) is 0 Å². The molecule has 2 rings (SSSR count). The smallest absolute Gasteiger partial charge is 0.220 e. The van der Waals surface area contributed by atoms with Gasteiger partial charge in [-0.3, -0.25) is 0 Å². The predicted octanol–water partition coefficient (Wildman–Crippen LogP) is 2.79. The van der Waals surface area contributed by atoms with Crippen LogP contribution in [0.4, 0.5) is 0 Å². The van der Waals surface area contributed by atoms with E-state index in [9.17, 15) is 0 Å². The van der Waals surface area contributed by atoms with Crippen LogP contribution in [0, 0.1) is 0 Å². The lowest BCUT2D eigenvalue weighted by atomic mass is 10.2. The molecular formula is C11H14O3. The summed E-state index contributed by atoms with van der Waals surface area (Å²) in [6.45, 7) is 2.09. The largest absolute Gasteiger partial charge is 0.313 e. The molecule has 2 unspecified atom stereocenters. The van der Waals surface area contributed by atoms with Crippen LogP contribution in [-0.2, 0) is 14.5 Å². The molecule has 1 aliphatic heterocycles. The van der Waals surface area contributed by atoms with Crippen molar-refractivity contribution < 1.29 is 14.5 Å². The summed E-state index contributed by atoms with van der Waals surface area (Å²) in [5.74, 6) is 0. The van der Waals surface area contributed by atoms with Crippen molar-refractivity contribution in [1.82, 2.24) is 0 Å². The minimum Gasteiger partial charge on any atom is -0.313 e. The minimum absolute atomic E-state index is 0.217. The SMILES string of the molecule is CCCC1OOC(c2ccccc2)O1. The van der Waals surface area contributed by atoms with E-state index in [1.165, 1.54) is 0 Å². The molecule has 3 nitrogen and oxygen atoms in total. The highest BCUT2D eigenvalue weighted by molar-refractivity contribution is 5.15. The Labute approximate surface area is 83.5 Å². The van der Waals surface area contributed by atoms with Gasteiger partial charge in [-0.25, -0.2) is 4.89 Å². The lowest BCUT2D eigenvalue weighted by Gasteiger charge is -2.06. The number of hydrogen-bond donors (Lipinski definition) is 0. The van der Waals surface area contributed by atoms with Crippen LogP contribution in [-0.4, -0.2) is 6.29 Å². The van der Waals surface area contributed by atoms with Crippen LogP contribution in [0.5, 0.6) is 0 Å². The Hall–Kier alpha value is -0.900. The molecule has 76 valence electrons. The molecule has 1 aliphatic rings. The van der Waals surface area contributed by atoms with Gasteiger partial charge in [-0.05, 0) is 0 Å². The molecule has 0 bridgehead atoms. The monoisotopic (exact) mass is 194 g/mol. The van der Waals surface area contributed by atoms with Gasteiger partial charge < -0.3 is 4.74 Å². The fourth-order valence-corrected chi connectivity index (χ4v) is 1.39. The van der Waals surface area contributed by atoms with Gasteiger partial charge in [-0.1, -0.05) is 43.7 Å². The summed E-state index contributed by atoms with van der Waals surface area (Å²) in [4.78, 5) is 10.1. The highest BCUT2D eigenvalue weighted by Crippen LogP contribution is 2.29. The fraction of sp³-hybridized carbons (Fsp3) is 0.455. The summed E-state index contributed by atoms with van der Waals surface area (Å²) < 4.78 is 5.54. The maximum Gasteiger partial charge on any atom is 0.220 e. The van der Waals surface area contributed by atoms with E-state index in [2.05, 4.69) is 6.92 Å². The van der Waals surface area contributed by atoms with Crippen LogP contribution in [0.2, 0.25) is 0 Å². The van der Waals surface area contributed by atoms with E-state index >= 15 is 0 Å². The lowest BCUT2D eigenvalue weighted by Crippen LogP contribution is -2.06. The third-order valence-electron chi connectivity index (χ3n) is 2.12. The molecule has 0 aliphatic carbocycles. The molecule has 14 heavy (non-hydrogen) atoms. The summed E-state index contributed by atoms with van der Waals surface area (Å²) in [5.41, 5.74) is 0.992. The molecule has 0 radical (unpaired) electrons. The second kappa shape index (κ2) is 4.55. The van der Waals surface area contributed by atoms with E-state index in [1.54, 1.807) is 0 Å². The zero-order chi connectivity index (χ0) is 9.80. The third kappa shape index (κ3) is 2.12. The third-order valence-corrected chi connectivity index (χ3v) is 2.12. The molecule has 1 fully saturated rings. The van der Waals surface area contributed by atoms with Gasteiger partial charge in [0.05, 0.1) is 0 Å². The standard InChI is InChI=1S/C11H14O3/c1-2-6-10-12-11(14-13-10)9-7-4-3-5-8-9/h3-5,7-8,10-11H,2,6H2,1H3. The Kier molecular flexibility index (Phi) is 3.14. The van der Waals surface area contributed by atoms with E-state index in [-0.39, 0.29) is 12.6 Å². The number of rotatable bonds is 3. The van der Waals surface area contributed by atoms with Crippen molar-refractivity contribution in [2.45, 2.75) is 32.3 Å². The highest BCUT2D eigenvalue weighted by Gasteiger charge is 2.28. The first-order chi connectivity index (χ1) is 6.90. The van der Waals surface area contributed by atoms with E-state index in [0.717, 1.165) is 18.4 Å². The Morgan fingerprint density at radius 2 is 1.93 bits per heavy atom. The molecule has 0 aromatic heterocycles. The number of benzene rings is 1. The Morgan fingerprint density at radius 3 is 2.64 bits per heavy atom. The average molecular weight is 194 g/mol. The Morgan fingerprint density at radius 1 is 1.14 bits per heavy atom. The van der Waals surface area contributed by atoms with Gasteiger partial charge in [0, 0.05) is 12.0 Å². The Bertz CT molecular complexity index is 273. The lowest BCUT2D eigenvalue weighted by molar-refractivity contribution is -0.299. The Balaban J connectivity index is 1.96. The summed E-state index contributed by atoms with van der Waals surface area (Å²) in [6, 6.07) is 9.79. The molecule has 1 aromatic carbocycles. The van der Waals surface area contributed by atoms with E-state index < -0.39 is 0 Å². The van der Waals surface area contributed by atoms with Gasteiger partial charge in [-0.15, -0.1) is 0 Å². The maximum atomic E-state index is 5.54.